The zero-order chi connectivity index (χ0) is 44.5. The molecule has 0 aromatic heterocycles. The number of carbonyl (C=O) groups excluding carboxylic acids is 1. The Bertz CT molecular complexity index is 1640. The van der Waals surface area contributed by atoms with Gasteiger partial charge in [-0.25, -0.2) is 0 Å². The van der Waals surface area contributed by atoms with Gasteiger partial charge < -0.3 is 54.1 Å². The molecule has 0 spiro atoms. The molecule has 7 aliphatic heterocycles. The fraction of sp³-hybridized carbons (Fsp3) is 0.976. The average Bonchev–Trinajstić information content (AvgIpc) is 4.12. The molecule has 0 radical (unpaired) electrons. The molecule has 14 rings (SSSR count). The van der Waals surface area contributed by atoms with E-state index in [0.717, 1.165) is 180 Å². The summed E-state index contributed by atoms with van der Waals surface area (Å²) in [4.78, 5) is 20.9. The lowest BCUT2D eigenvalue weighted by Crippen LogP contribution is -2.91. The third-order valence-corrected chi connectivity index (χ3v) is 58.0. The number of hydrogen-bond acceptors (Lipinski definition) is 16. The molecule has 7 saturated heterocycles. The molecule has 7 saturated carbocycles. The molecule has 14 aliphatic rings. The second-order valence-electron chi connectivity index (χ2n) is 22.6. The van der Waals surface area contributed by atoms with E-state index in [1.165, 1.54) is 0 Å². The van der Waals surface area contributed by atoms with Crippen LogP contribution in [0.25, 0.3) is 0 Å². The number of hydrogen-bond donors (Lipinski definition) is 0. The van der Waals surface area contributed by atoms with E-state index in [1.54, 1.807) is 5.06 Å². The lowest BCUT2D eigenvalue weighted by molar-refractivity contribution is -0.171. The molecule has 0 unspecified atom stereocenters. The van der Waals surface area contributed by atoms with Gasteiger partial charge in [-0.15, -0.1) is 0 Å². The second-order valence-corrected chi connectivity index (χ2v) is 48.4. The van der Waals surface area contributed by atoms with E-state index in [-0.39, 0.29) is 57.8 Å². The SMILES string of the molecule is CCOC(=O)[C@H]1C[C@@H]([Si]23O[Si]4(C5CCCC5)O[Si]5(C6CCCC6)O[Si]6(C7CCCC7)O[Si](C7CCCC7)(O4)O[Si](C4CCCC4)(O[Si](C4CCCC4)(O6)O[Si](C4CCCC4)(O5)O2)O3)ON1C. The van der Waals surface area contributed by atoms with Gasteiger partial charge in [-0.3, -0.25) is 9.63 Å². The highest BCUT2D eigenvalue weighted by Gasteiger charge is 2.89. The molecule has 0 N–H and O–H groups in total. The van der Waals surface area contributed by atoms with Gasteiger partial charge in [0.15, 0.2) is 0 Å². The van der Waals surface area contributed by atoms with Crippen LogP contribution in [0.5, 0.6) is 0 Å². The van der Waals surface area contributed by atoms with Crippen LogP contribution in [0.15, 0.2) is 0 Å². The quantitative estimate of drug-likeness (QED) is 0.151. The van der Waals surface area contributed by atoms with E-state index >= 15 is 0 Å². The van der Waals surface area contributed by atoms with Crippen LogP contribution in [0.1, 0.15) is 193 Å². The van der Waals surface area contributed by atoms with Crippen molar-refractivity contribution in [2.24, 2.45) is 0 Å². The van der Waals surface area contributed by atoms with Crippen molar-refractivity contribution in [2.75, 3.05) is 13.7 Å². The lowest BCUT2D eigenvalue weighted by Gasteiger charge is -2.67. The maximum atomic E-state index is 13.9. The van der Waals surface area contributed by atoms with Gasteiger partial charge in [0.1, 0.15) is 11.8 Å². The van der Waals surface area contributed by atoms with Crippen LogP contribution in [-0.2, 0) is 63.8 Å². The molecule has 0 aromatic rings. The molecule has 24 heteroatoms. The monoisotopic (exact) mass is 1060 g/mol. The normalized spacial score (nSPS) is 49.1. The number of hydroxylamine groups is 2. The average molecular weight is 1060 g/mol. The van der Waals surface area contributed by atoms with Gasteiger partial charge in [-0.05, 0) is 96.8 Å². The highest BCUT2D eigenvalue weighted by Crippen LogP contribution is 2.66. The van der Waals surface area contributed by atoms with E-state index in [4.69, 9.17) is 59.0 Å². The number of nitrogens with zero attached hydrogens (tertiary/aromatic N) is 1. The number of esters is 1. The Morgan fingerprint density at radius 2 is 0.606 bits per heavy atom. The Balaban J connectivity index is 1.12. The molecular weight excluding hydrogens is 983 g/mol. The summed E-state index contributed by atoms with van der Waals surface area (Å²) in [6.07, 6.45) is 27.7. The third kappa shape index (κ3) is 7.36. The maximum absolute atomic E-state index is 13.9. The summed E-state index contributed by atoms with van der Waals surface area (Å²) in [5, 5.41) is 1.64. The van der Waals surface area contributed by atoms with Gasteiger partial charge in [0.05, 0.1) is 6.61 Å². The number of carbonyl (C=O) groups is 1. The predicted octanol–water partition coefficient (Wildman–Crippen LogP) is 9.48. The summed E-state index contributed by atoms with van der Waals surface area (Å²) >= 11 is 0. The summed E-state index contributed by atoms with van der Waals surface area (Å²) in [6, 6.07) is -0.707. The first-order valence-corrected chi connectivity index (χ1v) is 41.5. The number of rotatable bonds is 10. The van der Waals surface area contributed by atoms with E-state index in [0.29, 0.717) is 0 Å². The van der Waals surface area contributed by atoms with Crippen molar-refractivity contribution in [2.45, 2.75) is 244 Å². The molecule has 7 heterocycles. The minimum absolute atomic E-state index is 0.0166. The van der Waals surface area contributed by atoms with Crippen molar-refractivity contribution in [3.8, 4) is 0 Å². The first-order chi connectivity index (χ1) is 32.1. The van der Waals surface area contributed by atoms with Crippen LogP contribution >= 0.6 is 0 Å². The summed E-state index contributed by atoms with van der Waals surface area (Å²) in [6.45, 7) is 2.11. The number of likely N-dealkylation sites (N-methyl/N-ethyl adjacent to an activating group) is 1. The topological polar surface area (TPSA) is 150 Å². The van der Waals surface area contributed by atoms with Crippen molar-refractivity contribution in [3.05, 3.63) is 0 Å². The molecule has 66 heavy (non-hydrogen) atoms. The third-order valence-electron chi connectivity index (χ3n) is 18.5. The van der Waals surface area contributed by atoms with Gasteiger partial charge in [0, 0.05) is 52.3 Å². The van der Waals surface area contributed by atoms with Crippen LogP contribution in [-0.4, -0.2) is 107 Å². The van der Waals surface area contributed by atoms with Crippen molar-refractivity contribution >= 4 is 76.4 Å². The van der Waals surface area contributed by atoms with Gasteiger partial charge in [-0.1, -0.05) is 89.9 Å². The molecule has 16 nitrogen and oxygen atoms in total. The summed E-state index contributed by atoms with van der Waals surface area (Å²) < 4.78 is 107. The molecular formula is C42H75NO15Si8. The summed E-state index contributed by atoms with van der Waals surface area (Å²) in [5.41, 5.74) is -1.11. The van der Waals surface area contributed by atoms with Crippen LogP contribution in [0.2, 0.25) is 38.8 Å². The molecule has 2 atom stereocenters. The molecule has 14 fully saturated rings. The fourth-order valence-corrected chi connectivity index (χ4v) is 71.4. The Labute approximate surface area is 400 Å². The summed E-state index contributed by atoms with van der Waals surface area (Å²) in [5.74, 6) is -0.345. The first kappa shape index (κ1) is 46.4. The Morgan fingerprint density at radius 1 is 0.394 bits per heavy atom. The zero-order valence-electron chi connectivity index (χ0n) is 39.5. The van der Waals surface area contributed by atoms with Crippen LogP contribution < -0.4 is 0 Å². The van der Waals surface area contributed by atoms with Gasteiger partial charge >= 0.3 is 76.4 Å². The predicted molar refractivity (Wildman–Crippen MR) is 252 cm³/mol. The Morgan fingerprint density at radius 3 is 0.818 bits per heavy atom. The van der Waals surface area contributed by atoms with E-state index < -0.39 is 82.2 Å². The molecule has 370 valence electrons. The summed E-state index contributed by atoms with van der Waals surface area (Å²) in [7, 11) is -31.2. The van der Waals surface area contributed by atoms with Crippen LogP contribution in [0.3, 0.4) is 0 Å². The minimum atomic E-state index is -4.48. The molecule has 8 bridgehead atoms. The smallest absolute Gasteiger partial charge is 0.465 e. The van der Waals surface area contributed by atoms with Crippen molar-refractivity contribution < 1.29 is 63.8 Å². The highest BCUT2D eigenvalue weighted by molar-refractivity contribution is 7.04. The fourth-order valence-electron chi connectivity index (χ4n) is 15.1. The van der Waals surface area contributed by atoms with Gasteiger partial charge in [0.2, 0.25) is 0 Å². The Kier molecular flexibility index (Phi) is 12.2. The Hall–Kier alpha value is 0.645. The lowest BCUT2D eigenvalue weighted by atomic mass is 10.2. The molecule has 7 aliphatic carbocycles. The van der Waals surface area contributed by atoms with E-state index in [2.05, 4.69) is 0 Å². The van der Waals surface area contributed by atoms with Gasteiger partial charge in [-0.2, -0.15) is 5.06 Å². The minimum Gasteiger partial charge on any atom is -0.465 e. The van der Waals surface area contributed by atoms with Crippen molar-refractivity contribution in [3.63, 3.8) is 0 Å². The van der Waals surface area contributed by atoms with Crippen LogP contribution in [0.4, 0.5) is 0 Å². The van der Waals surface area contributed by atoms with Crippen LogP contribution in [0, 0.1) is 0 Å². The standard InChI is InChI=1S/C42H75NO15Si8/c1-3-45-42(44)40-32-41(46-43(40)2)66-56-63(37-26-12-13-27-37)50-60(34-20-6-7-21-34)47-59(33-18-4-5-19-33)48-61(52-63,35-22-8-9-23-35)54-65(58-66,39-30-16-17-31-39)55-62(49-59,36-24-10-11-25-36)53-64(51-60,57-66)38-28-14-15-29-38/h33-41H,3-32H2,1-2H3/t40-,41-,59?,60?,61?,62?,63?,64?,65?,66?/m1/s1. The maximum Gasteiger partial charge on any atom is 0.511 e. The highest BCUT2D eigenvalue weighted by atomic mass is 28.6. The van der Waals surface area contributed by atoms with Crippen molar-refractivity contribution in [1.82, 2.24) is 5.06 Å². The van der Waals surface area contributed by atoms with Crippen molar-refractivity contribution in [1.29, 1.82) is 0 Å². The largest absolute Gasteiger partial charge is 0.511 e. The first-order valence-electron chi connectivity index (χ1n) is 27.1. The number of ether oxygens (including phenoxy) is 1. The van der Waals surface area contributed by atoms with E-state index in [9.17, 15) is 4.79 Å². The molecule has 0 amide bonds. The van der Waals surface area contributed by atoms with E-state index in [1.807, 2.05) is 14.0 Å². The zero-order valence-corrected chi connectivity index (χ0v) is 47.5. The molecule has 0 aromatic carbocycles. The van der Waals surface area contributed by atoms with Gasteiger partial charge in [0.25, 0.3) is 0 Å². The second kappa shape index (κ2) is 17.4.